The Morgan fingerprint density at radius 1 is 1.11 bits per heavy atom. The fraction of sp³-hybridized carbons (Fsp3) is 0.636. The molecule has 4 aliphatic carbocycles. The SMILES string of the molecule is COC(=O)Oc1ccc(C=NC(C)C23CC4CC(CC(C4)C2)C3)cc1OC. The molecule has 146 valence electrons. The monoisotopic (exact) mass is 371 g/mol. The summed E-state index contributed by atoms with van der Waals surface area (Å²) in [5.41, 5.74) is 1.35. The second-order valence-electron chi connectivity index (χ2n) is 8.70. The lowest BCUT2D eigenvalue weighted by Gasteiger charge is -2.58. The van der Waals surface area contributed by atoms with Crippen LogP contribution in [0.25, 0.3) is 0 Å². The number of hydrogen-bond acceptors (Lipinski definition) is 5. The van der Waals surface area contributed by atoms with Crippen LogP contribution in [-0.2, 0) is 4.74 Å². The van der Waals surface area contributed by atoms with Crippen molar-refractivity contribution in [2.45, 2.75) is 51.5 Å². The molecule has 4 aliphatic rings. The molecule has 0 heterocycles. The zero-order chi connectivity index (χ0) is 19.0. The van der Waals surface area contributed by atoms with Gasteiger partial charge in [0.05, 0.1) is 20.3 Å². The van der Waals surface area contributed by atoms with Gasteiger partial charge in [-0.05, 0) is 92.4 Å². The average Bonchev–Trinajstić information content (AvgIpc) is 2.65. The molecule has 0 aromatic heterocycles. The van der Waals surface area contributed by atoms with Gasteiger partial charge in [0, 0.05) is 6.21 Å². The Morgan fingerprint density at radius 2 is 1.74 bits per heavy atom. The molecule has 27 heavy (non-hydrogen) atoms. The molecule has 0 spiro atoms. The smallest absolute Gasteiger partial charge is 0.493 e. The Morgan fingerprint density at radius 3 is 2.30 bits per heavy atom. The van der Waals surface area contributed by atoms with Crippen LogP contribution in [0.3, 0.4) is 0 Å². The molecule has 0 aliphatic heterocycles. The van der Waals surface area contributed by atoms with Crippen molar-refractivity contribution >= 4 is 12.4 Å². The second kappa shape index (κ2) is 7.17. The fourth-order valence-electron chi connectivity index (χ4n) is 6.03. The molecule has 1 aromatic rings. The summed E-state index contributed by atoms with van der Waals surface area (Å²) < 4.78 is 15.0. The maximum absolute atomic E-state index is 11.3. The number of hydrogen-bond donors (Lipinski definition) is 0. The van der Waals surface area contributed by atoms with Crippen LogP contribution < -0.4 is 9.47 Å². The molecule has 1 atom stereocenters. The van der Waals surface area contributed by atoms with Crippen molar-refractivity contribution in [3.05, 3.63) is 23.8 Å². The van der Waals surface area contributed by atoms with Gasteiger partial charge in [-0.25, -0.2) is 4.79 Å². The number of methoxy groups -OCH3 is 2. The maximum Gasteiger partial charge on any atom is 0.513 e. The van der Waals surface area contributed by atoms with E-state index in [9.17, 15) is 4.79 Å². The van der Waals surface area contributed by atoms with Crippen LogP contribution >= 0.6 is 0 Å². The lowest BCUT2D eigenvalue weighted by atomic mass is 9.48. The molecule has 4 fully saturated rings. The standard InChI is InChI=1S/C22H29NO4/c1-14(22-10-16-6-17(11-22)8-18(7-16)12-22)23-13-15-4-5-19(20(9-15)25-2)27-21(24)26-3/h4-5,9,13-14,16-18H,6-8,10-12H2,1-3H3. The summed E-state index contributed by atoms with van der Waals surface area (Å²) in [6, 6.07) is 5.78. The molecule has 1 aromatic carbocycles. The number of nitrogens with zero attached hydrogens (tertiary/aromatic N) is 1. The minimum atomic E-state index is -0.759. The van der Waals surface area contributed by atoms with Crippen LogP contribution in [0, 0.1) is 23.2 Å². The molecular weight excluding hydrogens is 342 g/mol. The van der Waals surface area contributed by atoms with E-state index < -0.39 is 6.16 Å². The highest BCUT2D eigenvalue weighted by atomic mass is 16.7. The summed E-state index contributed by atoms with van der Waals surface area (Å²) in [5.74, 6) is 3.64. The van der Waals surface area contributed by atoms with Crippen molar-refractivity contribution in [2.75, 3.05) is 14.2 Å². The van der Waals surface area contributed by atoms with Gasteiger partial charge < -0.3 is 14.2 Å². The summed E-state index contributed by atoms with van der Waals surface area (Å²) in [7, 11) is 2.83. The van der Waals surface area contributed by atoms with Crippen molar-refractivity contribution in [3.63, 3.8) is 0 Å². The number of carbonyl (C=O) groups excluding carboxylic acids is 1. The quantitative estimate of drug-likeness (QED) is 0.421. The van der Waals surface area contributed by atoms with E-state index in [0.29, 0.717) is 23.0 Å². The molecular formula is C22H29NO4. The average molecular weight is 371 g/mol. The number of ether oxygens (including phenoxy) is 3. The van der Waals surface area contributed by atoms with E-state index in [2.05, 4.69) is 11.7 Å². The first-order chi connectivity index (χ1) is 13.0. The number of rotatable bonds is 5. The topological polar surface area (TPSA) is 57.1 Å². The molecule has 5 heteroatoms. The largest absolute Gasteiger partial charge is 0.513 e. The summed E-state index contributed by atoms with van der Waals surface area (Å²) in [5, 5.41) is 0. The van der Waals surface area contributed by atoms with Gasteiger partial charge in [-0.1, -0.05) is 0 Å². The molecule has 4 saturated carbocycles. The van der Waals surface area contributed by atoms with Gasteiger partial charge in [0.25, 0.3) is 0 Å². The van der Waals surface area contributed by atoms with Crippen molar-refractivity contribution in [2.24, 2.45) is 28.2 Å². The molecule has 5 nitrogen and oxygen atoms in total. The van der Waals surface area contributed by atoms with E-state index in [1.165, 1.54) is 45.6 Å². The van der Waals surface area contributed by atoms with E-state index in [1.807, 2.05) is 18.3 Å². The van der Waals surface area contributed by atoms with Gasteiger partial charge in [0.1, 0.15) is 0 Å². The van der Waals surface area contributed by atoms with Crippen LogP contribution in [0.5, 0.6) is 11.5 Å². The maximum atomic E-state index is 11.3. The first-order valence-corrected chi connectivity index (χ1v) is 9.98. The van der Waals surface area contributed by atoms with Gasteiger partial charge in [-0.2, -0.15) is 0 Å². The van der Waals surface area contributed by atoms with E-state index in [4.69, 9.17) is 14.5 Å². The van der Waals surface area contributed by atoms with E-state index >= 15 is 0 Å². The Hall–Kier alpha value is -2.04. The zero-order valence-electron chi connectivity index (χ0n) is 16.4. The Kier molecular flexibility index (Phi) is 4.87. The predicted molar refractivity (Wildman–Crippen MR) is 104 cm³/mol. The van der Waals surface area contributed by atoms with Crippen LogP contribution in [0.4, 0.5) is 4.79 Å². The van der Waals surface area contributed by atoms with Crippen LogP contribution in [0.2, 0.25) is 0 Å². The Balaban J connectivity index is 1.48. The van der Waals surface area contributed by atoms with Crippen LogP contribution in [-0.4, -0.2) is 32.6 Å². The lowest BCUT2D eigenvalue weighted by Crippen LogP contribution is -2.50. The minimum absolute atomic E-state index is 0.336. The second-order valence-corrected chi connectivity index (χ2v) is 8.70. The first kappa shape index (κ1) is 18.3. The van der Waals surface area contributed by atoms with Crippen molar-refractivity contribution in [1.29, 1.82) is 0 Å². The molecule has 0 amide bonds. The zero-order valence-corrected chi connectivity index (χ0v) is 16.4. The third-order valence-electron chi connectivity index (χ3n) is 6.97. The summed E-state index contributed by atoms with van der Waals surface area (Å²) in [4.78, 5) is 16.3. The highest BCUT2D eigenvalue weighted by Gasteiger charge is 2.53. The van der Waals surface area contributed by atoms with E-state index in [1.54, 1.807) is 13.2 Å². The third-order valence-corrected chi connectivity index (χ3v) is 6.97. The van der Waals surface area contributed by atoms with Gasteiger partial charge >= 0.3 is 6.16 Å². The molecule has 5 rings (SSSR count). The van der Waals surface area contributed by atoms with Gasteiger partial charge in [0.15, 0.2) is 11.5 Å². The van der Waals surface area contributed by atoms with Crippen LogP contribution in [0.1, 0.15) is 51.0 Å². The molecule has 0 radical (unpaired) electrons. The molecule has 4 bridgehead atoms. The van der Waals surface area contributed by atoms with Crippen molar-refractivity contribution in [1.82, 2.24) is 0 Å². The highest BCUT2D eigenvalue weighted by molar-refractivity contribution is 5.81. The third kappa shape index (κ3) is 3.56. The van der Waals surface area contributed by atoms with Crippen LogP contribution in [0.15, 0.2) is 23.2 Å². The van der Waals surface area contributed by atoms with Gasteiger partial charge in [-0.15, -0.1) is 0 Å². The molecule has 0 N–H and O–H groups in total. The highest BCUT2D eigenvalue weighted by Crippen LogP contribution is 2.61. The number of benzene rings is 1. The van der Waals surface area contributed by atoms with E-state index in [-0.39, 0.29) is 0 Å². The summed E-state index contributed by atoms with van der Waals surface area (Å²) in [6.45, 7) is 2.29. The van der Waals surface area contributed by atoms with Crippen molar-refractivity contribution < 1.29 is 19.0 Å². The predicted octanol–water partition coefficient (Wildman–Crippen LogP) is 4.86. The number of carbonyl (C=O) groups is 1. The Labute approximate surface area is 161 Å². The van der Waals surface area contributed by atoms with E-state index in [0.717, 1.165) is 23.3 Å². The fourth-order valence-corrected chi connectivity index (χ4v) is 6.03. The summed E-state index contributed by atoms with van der Waals surface area (Å²) in [6.07, 6.45) is 9.60. The van der Waals surface area contributed by atoms with Crippen molar-refractivity contribution in [3.8, 4) is 11.5 Å². The van der Waals surface area contributed by atoms with Gasteiger partial charge in [-0.3, -0.25) is 4.99 Å². The summed E-state index contributed by atoms with van der Waals surface area (Å²) >= 11 is 0. The van der Waals surface area contributed by atoms with Gasteiger partial charge in [0.2, 0.25) is 0 Å². The minimum Gasteiger partial charge on any atom is -0.493 e. The molecule has 1 unspecified atom stereocenters. The lowest BCUT2D eigenvalue weighted by molar-refractivity contribution is -0.0632. The first-order valence-electron chi connectivity index (χ1n) is 9.98. The molecule has 0 saturated heterocycles. The normalized spacial score (nSPS) is 32.5. The Bertz CT molecular complexity index is 707. The number of aliphatic imine (C=N–C) groups is 1.